The van der Waals surface area contributed by atoms with Crippen LogP contribution in [-0.2, 0) is 10.3 Å². The van der Waals surface area contributed by atoms with Crippen LogP contribution in [0.25, 0.3) is 0 Å². The molecule has 0 saturated heterocycles. The van der Waals surface area contributed by atoms with Crippen LogP contribution in [0.15, 0.2) is 29.3 Å². The average Bonchev–Trinajstić information content (AvgIpc) is 2.37. The Morgan fingerprint density at radius 1 is 1.50 bits per heavy atom. The van der Waals surface area contributed by atoms with Crippen LogP contribution in [0.1, 0.15) is 12.5 Å². The summed E-state index contributed by atoms with van der Waals surface area (Å²) in [4.78, 5) is 4.10. The molecule has 0 aliphatic carbocycles. The summed E-state index contributed by atoms with van der Waals surface area (Å²) in [5, 5.41) is 13.8. The number of hydrogen-bond donors (Lipinski definition) is 3. The van der Waals surface area contributed by atoms with Crippen molar-refractivity contribution in [3.05, 3.63) is 34.9 Å². The van der Waals surface area contributed by atoms with Crippen molar-refractivity contribution in [1.29, 1.82) is 0 Å². The first-order valence-corrected chi connectivity index (χ1v) is 6.35. The SMILES string of the molecule is COCCNC(N)=NCC(C)(O)c1ccccc1Cl.I. The maximum Gasteiger partial charge on any atom is 0.188 e. The van der Waals surface area contributed by atoms with Gasteiger partial charge in [0.1, 0.15) is 5.60 Å². The van der Waals surface area contributed by atoms with E-state index in [1.54, 1.807) is 26.2 Å². The third-order valence-electron chi connectivity index (χ3n) is 2.62. The highest BCUT2D eigenvalue weighted by Crippen LogP contribution is 2.27. The summed E-state index contributed by atoms with van der Waals surface area (Å²) in [6.07, 6.45) is 0. The predicted molar refractivity (Wildman–Crippen MR) is 92.8 cm³/mol. The molecule has 0 amide bonds. The molecule has 0 bridgehead atoms. The van der Waals surface area contributed by atoms with Crippen molar-refractivity contribution in [1.82, 2.24) is 5.32 Å². The van der Waals surface area contributed by atoms with Crippen LogP contribution in [0.2, 0.25) is 5.02 Å². The second kappa shape index (κ2) is 9.38. The molecule has 0 aromatic heterocycles. The van der Waals surface area contributed by atoms with Crippen LogP contribution in [0, 0.1) is 0 Å². The van der Waals surface area contributed by atoms with E-state index >= 15 is 0 Å². The van der Waals surface area contributed by atoms with Gasteiger partial charge in [0.15, 0.2) is 5.96 Å². The van der Waals surface area contributed by atoms with Gasteiger partial charge in [0.05, 0.1) is 13.2 Å². The minimum absolute atomic E-state index is 0. The molecule has 114 valence electrons. The number of guanidine groups is 1. The lowest BCUT2D eigenvalue weighted by Crippen LogP contribution is -2.36. The Bertz CT molecular complexity index is 441. The van der Waals surface area contributed by atoms with Gasteiger partial charge >= 0.3 is 0 Å². The molecule has 20 heavy (non-hydrogen) atoms. The van der Waals surface area contributed by atoms with Crippen molar-refractivity contribution < 1.29 is 9.84 Å². The summed E-state index contributed by atoms with van der Waals surface area (Å²) < 4.78 is 4.88. The number of benzene rings is 1. The Kier molecular flexibility index (Phi) is 9.11. The summed E-state index contributed by atoms with van der Waals surface area (Å²) in [6.45, 7) is 2.89. The number of nitrogens with two attached hydrogens (primary N) is 1. The zero-order chi connectivity index (χ0) is 14.3. The van der Waals surface area contributed by atoms with Gasteiger partial charge in [-0.1, -0.05) is 29.8 Å². The summed E-state index contributed by atoms with van der Waals surface area (Å²) in [7, 11) is 1.61. The first-order chi connectivity index (χ1) is 8.97. The van der Waals surface area contributed by atoms with Crippen LogP contribution in [0.3, 0.4) is 0 Å². The highest BCUT2D eigenvalue weighted by atomic mass is 127. The smallest absolute Gasteiger partial charge is 0.188 e. The average molecular weight is 414 g/mol. The maximum absolute atomic E-state index is 10.4. The first kappa shape index (κ1) is 19.4. The molecule has 0 radical (unpaired) electrons. The highest BCUT2D eigenvalue weighted by molar-refractivity contribution is 14.0. The monoisotopic (exact) mass is 413 g/mol. The van der Waals surface area contributed by atoms with Crippen molar-refractivity contribution in [2.45, 2.75) is 12.5 Å². The molecule has 1 atom stereocenters. The zero-order valence-corrected chi connectivity index (χ0v) is 14.7. The van der Waals surface area contributed by atoms with Gasteiger partial charge in [-0.05, 0) is 13.0 Å². The molecule has 4 N–H and O–H groups in total. The minimum Gasteiger partial charge on any atom is -0.383 e. The summed E-state index contributed by atoms with van der Waals surface area (Å²) in [6, 6.07) is 7.13. The topological polar surface area (TPSA) is 79.9 Å². The number of methoxy groups -OCH3 is 1. The van der Waals surface area contributed by atoms with Crippen LogP contribution < -0.4 is 11.1 Å². The van der Waals surface area contributed by atoms with E-state index in [4.69, 9.17) is 22.1 Å². The molecule has 7 heteroatoms. The number of nitrogens with zero attached hydrogens (tertiary/aromatic N) is 1. The van der Waals surface area contributed by atoms with E-state index < -0.39 is 5.60 Å². The van der Waals surface area contributed by atoms with E-state index in [0.29, 0.717) is 23.7 Å². The van der Waals surface area contributed by atoms with E-state index in [2.05, 4.69) is 10.3 Å². The van der Waals surface area contributed by atoms with Gasteiger partial charge < -0.3 is 20.9 Å². The van der Waals surface area contributed by atoms with E-state index in [1.807, 2.05) is 12.1 Å². The van der Waals surface area contributed by atoms with Crippen molar-refractivity contribution >= 4 is 41.5 Å². The third kappa shape index (κ3) is 6.25. The predicted octanol–water partition coefficient (Wildman–Crippen LogP) is 1.72. The fourth-order valence-corrected chi connectivity index (χ4v) is 1.90. The molecular formula is C13H21ClIN3O2. The first-order valence-electron chi connectivity index (χ1n) is 5.97. The van der Waals surface area contributed by atoms with Gasteiger partial charge in [0.25, 0.3) is 0 Å². The summed E-state index contributed by atoms with van der Waals surface area (Å²) in [5.74, 6) is 0.268. The molecule has 0 spiro atoms. The van der Waals surface area contributed by atoms with Gasteiger partial charge in [0, 0.05) is 24.2 Å². The molecule has 0 aliphatic heterocycles. The van der Waals surface area contributed by atoms with Crippen LogP contribution >= 0.6 is 35.6 Å². The number of nitrogens with one attached hydrogen (secondary N) is 1. The quantitative estimate of drug-likeness (QED) is 0.287. The van der Waals surface area contributed by atoms with Gasteiger partial charge in [-0.25, -0.2) is 0 Å². The van der Waals surface area contributed by atoms with Gasteiger partial charge in [-0.15, -0.1) is 24.0 Å². The fourth-order valence-electron chi connectivity index (χ4n) is 1.56. The third-order valence-corrected chi connectivity index (χ3v) is 2.95. The summed E-state index contributed by atoms with van der Waals surface area (Å²) >= 11 is 6.05. The van der Waals surface area contributed by atoms with Gasteiger partial charge in [-0.3, -0.25) is 4.99 Å². The largest absolute Gasteiger partial charge is 0.383 e. The number of halogens is 2. The molecule has 1 aromatic rings. The van der Waals surface area contributed by atoms with Crippen molar-refractivity contribution in [2.24, 2.45) is 10.7 Å². The Labute approximate surface area is 141 Å². The van der Waals surface area contributed by atoms with Crippen LogP contribution in [-0.4, -0.2) is 37.9 Å². The van der Waals surface area contributed by atoms with E-state index in [-0.39, 0.29) is 36.5 Å². The number of aliphatic imine (C=N–C) groups is 1. The Morgan fingerprint density at radius 3 is 2.75 bits per heavy atom. The second-order valence-electron chi connectivity index (χ2n) is 4.37. The molecule has 1 rings (SSSR count). The molecule has 1 unspecified atom stereocenters. The van der Waals surface area contributed by atoms with Crippen molar-refractivity contribution in [3.8, 4) is 0 Å². The van der Waals surface area contributed by atoms with Crippen molar-refractivity contribution in [2.75, 3.05) is 26.8 Å². The number of ether oxygens (including phenoxy) is 1. The normalized spacial score (nSPS) is 14.3. The Hall–Kier alpha value is -0.570. The van der Waals surface area contributed by atoms with Gasteiger partial charge in [-0.2, -0.15) is 0 Å². The fraction of sp³-hybridized carbons (Fsp3) is 0.462. The van der Waals surface area contributed by atoms with Crippen LogP contribution in [0.4, 0.5) is 0 Å². The summed E-state index contributed by atoms with van der Waals surface area (Å²) in [5.41, 5.74) is 5.15. The van der Waals surface area contributed by atoms with Crippen LogP contribution in [0.5, 0.6) is 0 Å². The molecular weight excluding hydrogens is 393 g/mol. The second-order valence-corrected chi connectivity index (χ2v) is 4.78. The number of rotatable bonds is 6. The molecule has 0 heterocycles. The molecule has 5 nitrogen and oxygen atoms in total. The molecule has 0 saturated carbocycles. The molecule has 0 aliphatic rings. The number of aliphatic hydroxyl groups is 1. The maximum atomic E-state index is 10.4. The number of hydrogen-bond acceptors (Lipinski definition) is 3. The molecule has 0 fully saturated rings. The standard InChI is InChI=1S/C13H20ClN3O2.HI/c1-13(18,10-5-3-4-6-11(10)14)9-17-12(15)16-7-8-19-2;/h3-6,18H,7-9H2,1-2H3,(H3,15,16,17);1H. The highest BCUT2D eigenvalue weighted by Gasteiger charge is 2.25. The lowest BCUT2D eigenvalue weighted by atomic mass is 9.96. The molecule has 1 aromatic carbocycles. The van der Waals surface area contributed by atoms with Gasteiger partial charge in [0.2, 0.25) is 0 Å². The van der Waals surface area contributed by atoms with Crippen molar-refractivity contribution in [3.63, 3.8) is 0 Å². The van der Waals surface area contributed by atoms with E-state index in [1.165, 1.54) is 0 Å². The lowest BCUT2D eigenvalue weighted by molar-refractivity contribution is 0.0674. The van der Waals surface area contributed by atoms with E-state index in [0.717, 1.165) is 0 Å². The zero-order valence-electron chi connectivity index (χ0n) is 11.6. The van der Waals surface area contributed by atoms with E-state index in [9.17, 15) is 5.11 Å². The lowest BCUT2D eigenvalue weighted by Gasteiger charge is -2.23. The minimum atomic E-state index is -1.16. The Morgan fingerprint density at radius 2 is 2.15 bits per heavy atom. The Balaban J connectivity index is 0.00000361.